The van der Waals surface area contributed by atoms with E-state index in [0.29, 0.717) is 12.0 Å². The van der Waals surface area contributed by atoms with Crippen molar-refractivity contribution in [3.05, 3.63) is 78.0 Å². The molecule has 25 heavy (non-hydrogen) atoms. The monoisotopic (exact) mass is 358 g/mol. The molecule has 0 radical (unpaired) electrons. The van der Waals surface area contributed by atoms with Crippen LogP contribution in [-0.4, -0.2) is 39.7 Å². The van der Waals surface area contributed by atoms with Gasteiger partial charge in [-0.3, -0.25) is 4.79 Å². The molecule has 0 amide bonds. The average Bonchev–Trinajstić information content (AvgIpc) is 2.60. The molecule has 0 bridgehead atoms. The van der Waals surface area contributed by atoms with Gasteiger partial charge < -0.3 is 4.90 Å². The van der Waals surface area contributed by atoms with Crippen molar-refractivity contribution in [1.29, 1.82) is 0 Å². The molecule has 0 unspecified atom stereocenters. The van der Waals surface area contributed by atoms with Gasteiger partial charge in [0.05, 0.1) is 4.90 Å². The summed E-state index contributed by atoms with van der Waals surface area (Å²) in [6.45, 7) is 0.266. The molecule has 0 atom stereocenters. The lowest BCUT2D eigenvalue weighted by Gasteiger charge is -2.07. The zero-order chi connectivity index (χ0) is 18.3. The van der Waals surface area contributed by atoms with Gasteiger partial charge in [-0.05, 0) is 30.2 Å². The van der Waals surface area contributed by atoms with Crippen LogP contribution in [0, 0.1) is 0 Å². The Hall–Kier alpha value is -2.44. The number of hydrogen-bond donors (Lipinski definition) is 1. The second-order valence-corrected chi connectivity index (χ2v) is 7.57. The Bertz CT molecular complexity index is 844. The maximum atomic E-state index is 12.2. The normalized spacial score (nSPS) is 11.6. The van der Waals surface area contributed by atoms with Gasteiger partial charge in [-0.2, -0.15) is 0 Å². The van der Waals surface area contributed by atoms with Gasteiger partial charge >= 0.3 is 0 Å². The van der Waals surface area contributed by atoms with E-state index in [2.05, 4.69) is 4.72 Å². The topological polar surface area (TPSA) is 66.5 Å². The number of sulfonamides is 1. The van der Waals surface area contributed by atoms with E-state index in [0.717, 1.165) is 5.56 Å². The zero-order valence-corrected chi connectivity index (χ0v) is 15.2. The minimum Gasteiger partial charge on any atom is -0.383 e. The summed E-state index contributed by atoms with van der Waals surface area (Å²) >= 11 is 0. The molecule has 2 aromatic carbocycles. The summed E-state index contributed by atoms with van der Waals surface area (Å²) in [4.78, 5) is 14.1. The van der Waals surface area contributed by atoms with Crippen molar-refractivity contribution < 1.29 is 13.2 Å². The third-order valence-corrected chi connectivity index (χ3v) is 4.97. The molecule has 0 heterocycles. The molecule has 0 aliphatic rings. The van der Waals surface area contributed by atoms with Gasteiger partial charge in [-0.1, -0.05) is 36.4 Å². The van der Waals surface area contributed by atoms with Crippen molar-refractivity contribution in [1.82, 2.24) is 9.62 Å². The van der Waals surface area contributed by atoms with Crippen molar-refractivity contribution in [2.45, 2.75) is 11.3 Å². The van der Waals surface area contributed by atoms with Crippen LogP contribution in [-0.2, 0) is 16.4 Å². The van der Waals surface area contributed by atoms with Crippen molar-refractivity contribution in [3.8, 4) is 0 Å². The van der Waals surface area contributed by atoms with Crippen LogP contribution in [0.1, 0.15) is 15.9 Å². The predicted molar refractivity (Wildman–Crippen MR) is 98.9 cm³/mol. The number of carbonyl (C=O) groups excluding carboxylic acids is 1. The van der Waals surface area contributed by atoms with E-state index in [1.54, 1.807) is 59.6 Å². The van der Waals surface area contributed by atoms with Crippen LogP contribution in [0.3, 0.4) is 0 Å². The molecule has 0 spiro atoms. The van der Waals surface area contributed by atoms with E-state index < -0.39 is 10.0 Å². The summed E-state index contributed by atoms with van der Waals surface area (Å²) in [5, 5.41) is 0. The Morgan fingerprint density at radius 1 is 1.08 bits per heavy atom. The van der Waals surface area contributed by atoms with Gasteiger partial charge in [-0.25, -0.2) is 13.1 Å². The highest BCUT2D eigenvalue weighted by molar-refractivity contribution is 7.89. The molecular weight excluding hydrogens is 336 g/mol. The van der Waals surface area contributed by atoms with Crippen molar-refractivity contribution >= 4 is 15.8 Å². The molecular formula is C19H22N2O3S. The Kier molecular flexibility index (Phi) is 6.50. The molecule has 0 aromatic heterocycles. The van der Waals surface area contributed by atoms with Crippen LogP contribution in [0.4, 0.5) is 0 Å². The zero-order valence-electron chi connectivity index (χ0n) is 14.3. The molecule has 0 aliphatic heterocycles. The molecule has 6 heteroatoms. The minimum atomic E-state index is -3.51. The van der Waals surface area contributed by atoms with E-state index >= 15 is 0 Å². The van der Waals surface area contributed by atoms with E-state index in [1.807, 2.05) is 20.2 Å². The quantitative estimate of drug-likeness (QED) is 0.581. The standard InChI is InChI=1S/C19H22N2O3S/c1-21(2)14-12-19(22)17-8-6-7-16(15-17)11-13-20-25(23,24)18-9-4-3-5-10-18/h3-10,12,14-15,20H,11,13H2,1-2H3. The summed E-state index contributed by atoms with van der Waals surface area (Å²) < 4.78 is 26.9. The number of ketones is 1. The van der Waals surface area contributed by atoms with Gasteiger partial charge in [-0.15, -0.1) is 0 Å². The van der Waals surface area contributed by atoms with Gasteiger partial charge in [0.2, 0.25) is 10.0 Å². The van der Waals surface area contributed by atoms with E-state index in [-0.39, 0.29) is 17.2 Å². The van der Waals surface area contributed by atoms with Crippen LogP contribution < -0.4 is 4.72 Å². The summed E-state index contributed by atoms with van der Waals surface area (Å²) in [5.41, 5.74) is 1.49. The van der Waals surface area contributed by atoms with Crippen molar-refractivity contribution in [2.75, 3.05) is 20.6 Å². The summed E-state index contributed by atoms with van der Waals surface area (Å²) in [5.74, 6) is -0.0829. The Morgan fingerprint density at radius 2 is 1.80 bits per heavy atom. The average molecular weight is 358 g/mol. The number of hydrogen-bond acceptors (Lipinski definition) is 4. The molecule has 1 N–H and O–H groups in total. The Morgan fingerprint density at radius 3 is 2.48 bits per heavy atom. The SMILES string of the molecule is CN(C)C=CC(=O)c1cccc(CCNS(=O)(=O)c2ccccc2)c1. The summed E-state index contributed by atoms with van der Waals surface area (Å²) in [6, 6.07) is 15.5. The number of allylic oxidation sites excluding steroid dienone is 1. The van der Waals surface area contributed by atoms with Crippen LogP contribution in [0.5, 0.6) is 0 Å². The maximum absolute atomic E-state index is 12.2. The van der Waals surface area contributed by atoms with Gasteiger partial charge in [0, 0.05) is 38.5 Å². The second-order valence-electron chi connectivity index (χ2n) is 5.80. The lowest BCUT2D eigenvalue weighted by atomic mass is 10.1. The largest absolute Gasteiger partial charge is 0.383 e. The number of carbonyl (C=O) groups is 1. The number of nitrogens with zero attached hydrogens (tertiary/aromatic N) is 1. The highest BCUT2D eigenvalue weighted by Crippen LogP contribution is 2.10. The molecule has 0 saturated heterocycles. The summed E-state index contributed by atoms with van der Waals surface area (Å²) in [7, 11) is 0.184. The highest BCUT2D eigenvalue weighted by Gasteiger charge is 2.12. The first-order valence-electron chi connectivity index (χ1n) is 7.91. The number of benzene rings is 2. The number of rotatable bonds is 8. The van der Waals surface area contributed by atoms with Crippen LogP contribution in [0.15, 0.2) is 71.8 Å². The Balaban J connectivity index is 1.98. The lowest BCUT2D eigenvalue weighted by molar-refractivity contribution is 0.104. The third-order valence-electron chi connectivity index (χ3n) is 3.49. The molecule has 0 aliphatic carbocycles. The van der Waals surface area contributed by atoms with Crippen LogP contribution in [0.25, 0.3) is 0 Å². The number of nitrogens with one attached hydrogen (secondary N) is 1. The molecule has 0 fully saturated rings. The van der Waals surface area contributed by atoms with E-state index in [4.69, 9.17) is 0 Å². The van der Waals surface area contributed by atoms with Gasteiger partial charge in [0.25, 0.3) is 0 Å². The molecule has 5 nitrogen and oxygen atoms in total. The van der Waals surface area contributed by atoms with E-state index in [9.17, 15) is 13.2 Å². The molecule has 2 aromatic rings. The maximum Gasteiger partial charge on any atom is 0.240 e. The second kappa shape index (κ2) is 8.60. The first kappa shape index (κ1) is 18.9. The lowest BCUT2D eigenvalue weighted by Crippen LogP contribution is -2.26. The fourth-order valence-electron chi connectivity index (χ4n) is 2.21. The molecule has 0 saturated carbocycles. The first-order valence-corrected chi connectivity index (χ1v) is 9.39. The fourth-order valence-corrected chi connectivity index (χ4v) is 3.26. The highest BCUT2D eigenvalue weighted by atomic mass is 32.2. The van der Waals surface area contributed by atoms with Crippen molar-refractivity contribution in [2.24, 2.45) is 0 Å². The smallest absolute Gasteiger partial charge is 0.240 e. The van der Waals surface area contributed by atoms with Crippen LogP contribution in [0.2, 0.25) is 0 Å². The minimum absolute atomic E-state index is 0.0829. The fraction of sp³-hybridized carbons (Fsp3) is 0.211. The summed E-state index contributed by atoms with van der Waals surface area (Å²) in [6.07, 6.45) is 3.71. The Labute approximate surface area is 149 Å². The predicted octanol–water partition coefficient (Wildman–Crippen LogP) is 2.47. The molecule has 2 rings (SSSR count). The van der Waals surface area contributed by atoms with E-state index in [1.165, 1.54) is 6.08 Å². The van der Waals surface area contributed by atoms with Crippen LogP contribution >= 0.6 is 0 Å². The first-order chi connectivity index (χ1) is 11.9. The van der Waals surface area contributed by atoms with Gasteiger partial charge in [0.1, 0.15) is 0 Å². The van der Waals surface area contributed by atoms with Gasteiger partial charge in [0.15, 0.2) is 5.78 Å². The molecule has 132 valence electrons. The van der Waals surface area contributed by atoms with Crippen molar-refractivity contribution in [3.63, 3.8) is 0 Å². The third kappa shape index (κ3) is 5.85.